The minimum atomic E-state index is -0.253. The molecule has 2 amide bonds. The van der Waals surface area contributed by atoms with E-state index in [0.29, 0.717) is 0 Å². The van der Waals surface area contributed by atoms with Crippen LogP contribution in [0, 0.1) is 5.92 Å². The largest absolute Gasteiger partial charge is 0.273 e. The van der Waals surface area contributed by atoms with E-state index < -0.39 is 0 Å². The molecule has 2 N–H and O–H groups in total. The van der Waals surface area contributed by atoms with E-state index in [1.54, 1.807) is 17.1 Å². The third-order valence-electron chi connectivity index (χ3n) is 3.29. The van der Waals surface area contributed by atoms with Crippen molar-refractivity contribution in [2.24, 2.45) is 5.92 Å². The fourth-order valence-electron chi connectivity index (χ4n) is 1.98. The first kappa shape index (κ1) is 13.4. The molecule has 0 unspecified atom stereocenters. The monoisotopic (exact) mass is 284 g/mol. The molecule has 1 heterocycles. The Morgan fingerprint density at radius 3 is 2.67 bits per heavy atom. The number of hydrazine groups is 1. The van der Waals surface area contributed by atoms with Gasteiger partial charge in [0.05, 0.1) is 18.3 Å². The molecule has 1 saturated carbocycles. The summed E-state index contributed by atoms with van der Waals surface area (Å²) in [6.07, 6.45) is 5.45. The van der Waals surface area contributed by atoms with E-state index in [1.807, 2.05) is 30.3 Å². The molecule has 3 rings (SSSR count). The Morgan fingerprint density at radius 1 is 1.19 bits per heavy atom. The normalized spacial score (nSPS) is 13.7. The summed E-state index contributed by atoms with van der Waals surface area (Å²) in [6, 6.07) is 9.66. The van der Waals surface area contributed by atoms with Crippen LogP contribution in [0.25, 0.3) is 5.69 Å². The minimum absolute atomic E-state index is 0.0751. The lowest BCUT2D eigenvalue weighted by molar-refractivity contribution is -0.129. The molecule has 0 spiro atoms. The number of carbonyl (C=O) groups is 2. The van der Waals surface area contributed by atoms with Gasteiger partial charge in [0.2, 0.25) is 11.8 Å². The molecule has 0 saturated heterocycles. The van der Waals surface area contributed by atoms with Crippen LogP contribution in [-0.4, -0.2) is 21.6 Å². The van der Waals surface area contributed by atoms with Crippen LogP contribution in [-0.2, 0) is 16.0 Å². The van der Waals surface area contributed by atoms with Crippen LogP contribution in [0.15, 0.2) is 42.7 Å². The van der Waals surface area contributed by atoms with E-state index in [4.69, 9.17) is 0 Å². The van der Waals surface area contributed by atoms with Gasteiger partial charge in [-0.15, -0.1) is 0 Å². The number of hydrogen-bond acceptors (Lipinski definition) is 3. The van der Waals surface area contributed by atoms with Crippen molar-refractivity contribution in [3.63, 3.8) is 0 Å². The van der Waals surface area contributed by atoms with Crippen LogP contribution < -0.4 is 10.9 Å². The molecule has 6 nitrogen and oxygen atoms in total. The molecular formula is C15H16N4O2. The SMILES string of the molecule is O=C(Cc1cnn(-c2ccccc2)c1)NNC(=O)C1CC1. The fourth-order valence-corrected chi connectivity index (χ4v) is 1.98. The van der Waals surface area contributed by atoms with E-state index >= 15 is 0 Å². The Kier molecular flexibility index (Phi) is 3.68. The Labute approximate surface area is 122 Å². The molecule has 6 heteroatoms. The average Bonchev–Trinajstić information content (AvgIpc) is 3.26. The number of aromatic nitrogens is 2. The van der Waals surface area contributed by atoms with E-state index in [0.717, 1.165) is 24.1 Å². The third-order valence-corrected chi connectivity index (χ3v) is 3.29. The van der Waals surface area contributed by atoms with Gasteiger partial charge in [0.1, 0.15) is 0 Å². The van der Waals surface area contributed by atoms with Crippen molar-refractivity contribution in [3.05, 3.63) is 48.3 Å². The Hall–Kier alpha value is -2.63. The summed E-state index contributed by atoms with van der Waals surface area (Å²) in [5, 5.41) is 4.22. The van der Waals surface area contributed by atoms with Crippen molar-refractivity contribution in [2.45, 2.75) is 19.3 Å². The maximum absolute atomic E-state index is 11.7. The second-order valence-electron chi connectivity index (χ2n) is 5.12. The first-order valence-electron chi connectivity index (χ1n) is 6.90. The minimum Gasteiger partial charge on any atom is -0.273 e. The van der Waals surface area contributed by atoms with Gasteiger partial charge < -0.3 is 0 Å². The molecule has 1 fully saturated rings. The molecule has 1 aliphatic carbocycles. The van der Waals surface area contributed by atoms with Gasteiger partial charge in [-0.2, -0.15) is 5.10 Å². The predicted molar refractivity (Wildman–Crippen MR) is 76.3 cm³/mol. The molecule has 21 heavy (non-hydrogen) atoms. The van der Waals surface area contributed by atoms with Crippen LogP contribution in [0.4, 0.5) is 0 Å². The van der Waals surface area contributed by atoms with Gasteiger partial charge in [-0.05, 0) is 30.5 Å². The summed E-state index contributed by atoms with van der Waals surface area (Å²) in [6.45, 7) is 0. The highest BCUT2D eigenvalue weighted by Gasteiger charge is 2.29. The summed E-state index contributed by atoms with van der Waals surface area (Å²) in [4.78, 5) is 23.2. The summed E-state index contributed by atoms with van der Waals surface area (Å²) >= 11 is 0. The van der Waals surface area contributed by atoms with Gasteiger partial charge in [-0.25, -0.2) is 4.68 Å². The van der Waals surface area contributed by atoms with Crippen molar-refractivity contribution >= 4 is 11.8 Å². The first-order chi connectivity index (χ1) is 10.2. The van der Waals surface area contributed by atoms with Gasteiger partial charge in [-0.1, -0.05) is 18.2 Å². The van der Waals surface area contributed by atoms with Crippen molar-refractivity contribution in [2.75, 3.05) is 0 Å². The molecular weight excluding hydrogens is 268 g/mol. The molecule has 1 aromatic heterocycles. The molecule has 2 aromatic rings. The van der Waals surface area contributed by atoms with Crippen molar-refractivity contribution in [1.29, 1.82) is 0 Å². The smallest absolute Gasteiger partial charge is 0.242 e. The highest BCUT2D eigenvalue weighted by Crippen LogP contribution is 2.28. The Morgan fingerprint density at radius 2 is 1.95 bits per heavy atom. The zero-order chi connectivity index (χ0) is 14.7. The van der Waals surface area contributed by atoms with Crippen LogP contribution in [0.3, 0.4) is 0 Å². The average molecular weight is 284 g/mol. The van der Waals surface area contributed by atoms with Crippen molar-refractivity contribution < 1.29 is 9.59 Å². The van der Waals surface area contributed by atoms with Gasteiger partial charge in [-0.3, -0.25) is 20.4 Å². The molecule has 1 aliphatic rings. The zero-order valence-corrected chi connectivity index (χ0v) is 11.5. The van der Waals surface area contributed by atoms with Crippen molar-refractivity contribution in [1.82, 2.24) is 20.6 Å². The van der Waals surface area contributed by atoms with E-state index in [1.165, 1.54) is 0 Å². The number of amides is 2. The number of nitrogens with zero attached hydrogens (tertiary/aromatic N) is 2. The number of rotatable bonds is 4. The van der Waals surface area contributed by atoms with Crippen LogP contribution >= 0.6 is 0 Å². The maximum Gasteiger partial charge on any atom is 0.242 e. The second-order valence-corrected chi connectivity index (χ2v) is 5.12. The highest BCUT2D eigenvalue weighted by atomic mass is 16.2. The first-order valence-corrected chi connectivity index (χ1v) is 6.90. The van der Waals surface area contributed by atoms with Crippen LogP contribution in [0.1, 0.15) is 18.4 Å². The number of para-hydroxylation sites is 1. The van der Waals surface area contributed by atoms with E-state index in [2.05, 4.69) is 16.0 Å². The summed E-state index contributed by atoms with van der Waals surface area (Å²) in [5.41, 5.74) is 6.59. The summed E-state index contributed by atoms with van der Waals surface area (Å²) in [7, 11) is 0. The topological polar surface area (TPSA) is 76.0 Å². The van der Waals surface area contributed by atoms with Crippen LogP contribution in [0.5, 0.6) is 0 Å². The third kappa shape index (κ3) is 3.47. The summed E-state index contributed by atoms with van der Waals surface area (Å²) < 4.78 is 1.71. The quantitative estimate of drug-likeness (QED) is 0.821. The zero-order valence-electron chi connectivity index (χ0n) is 11.5. The lowest BCUT2D eigenvalue weighted by Gasteiger charge is -2.05. The number of benzene rings is 1. The number of carbonyl (C=O) groups excluding carboxylic acids is 2. The predicted octanol–water partition coefficient (Wildman–Crippen LogP) is 0.972. The van der Waals surface area contributed by atoms with Crippen molar-refractivity contribution in [3.8, 4) is 5.69 Å². The standard InChI is InChI=1S/C15H16N4O2/c20-14(17-18-15(21)12-6-7-12)8-11-9-16-19(10-11)13-4-2-1-3-5-13/h1-5,9-10,12H,6-8H2,(H,17,20)(H,18,21). The number of hydrogen-bond donors (Lipinski definition) is 2. The van der Waals surface area contributed by atoms with Crippen LogP contribution in [0.2, 0.25) is 0 Å². The second kappa shape index (κ2) is 5.78. The molecule has 0 radical (unpaired) electrons. The molecule has 1 aromatic carbocycles. The lowest BCUT2D eigenvalue weighted by atomic mass is 10.2. The number of nitrogens with one attached hydrogen (secondary N) is 2. The maximum atomic E-state index is 11.7. The Bertz CT molecular complexity index is 647. The summed E-state index contributed by atoms with van der Waals surface area (Å²) in [5.74, 6) is -0.286. The lowest BCUT2D eigenvalue weighted by Crippen LogP contribution is -2.43. The molecule has 0 atom stereocenters. The van der Waals surface area contributed by atoms with Gasteiger partial charge in [0.15, 0.2) is 0 Å². The van der Waals surface area contributed by atoms with Gasteiger partial charge >= 0.3 is 0 Å². The van der Waals surface area contributed by atoms with E-state index in [-0.39, 0.29) is 24.2 Å². The van der Waals surface area contributed by atoms with Gasteiger partial charge in [0, 0.05) is 12.1 Å². The van der Waals surface area contributed by atoms with E-state index in [9.17, 15) is 9.59 Å². The fraction of sp³-hybridized carbons (Fsp3) is 0.267. The molecule has 108 valence electrons. The Balaban J connectivity index is 1.54. The highest BCUT2D eigenvalue weighted by molar-refractivity contribution is 5.85. The molecule has 0 aliphatic heterocycles. The van der Waals surface area contributed by atoms with Gasteiger partial charge in [0.25, 0.3) is 0 Å². The molecule has 0 bridgehead atoms.